The molecule has 0 radical (unpaired) electrons. The standard InChI is InChI=1S/C12H23NO/c1-3-5-10(2)11-6-4-7-12(13-14)9-8-11/h10-12H,3-9H2,1-2H3. The molecule has 2 heteroatoms. The third kappa shape index (κ3) is 3.39. The fraction of sp³-hybridized carbons (Fsp3) is 1.00. The Hall–Kier alpha value is -0.400. The van der Waals surface area contributed by atoms with Gasteiger partial charge in [-0.25, -0.2) is 0 Å². The third-order valence-corrected chi connectivity index (χ3v) is 3.68. The smallest absolute Gasteiger partial charge is 0.0919 e. The van der Waals surface area contributed by atoms with Crippen molar-refractivity contribution in [3.05, 3.63) is 4.91 Å². The third-order valence-electron chi connectivity index (χ3n) is 3.68. The van der Waals surface area contributed by atoms with Crippen LogP contribution in [-0.4, -0.2) is 6.04 Å². The van der Waals surface area contributed by atoms with Crippen LogP contribution in [-0.2, 0) is 0 Å². The first kappa shape index (κ1) is 11.7. The van der Waals surface area contributed by atoms with Gasteiger partial charge in [0.15, 0.2) is 0 Å². The molecule has 0 N–H and O–H groups in total. The lowest BCUT2D eigenvalue weighted by Gasteiger charge is -2.21. The molecule has 1 saturated carbocycles. The summed E-state index contributed by atoms with van der Waals surface area (Å²) in [5, 5.41) is 3.20. The van der Waals surface area contributed by atoms with Crippen molar-refractivity contribution in [2.45, 2.75) is 64.8 Å². The van der Waals surface area contributed by atoms with Crippen LogP contribution >= 0.6 is 0 Å². The Labute approximate surface area is 87.4 Å². The van der Waals surface area contributed by atoms with Gasteiger partial charge in [-0.1, -0.05) is 44.7 Å². The summed E-state index contributed by atoms with van der Waals surface area (Å²) in [6.45, 7) is 4.62. The Bertz CT molecular complexity index is 170. The van der Waals surface area contributed by atoms with E-state index < -0.39 is 0 Å². The summed E-state index contributed by atoms with van der Waals surface area (Å²) in [5.74, 6) is 1.69. The highest BCUT2D eigenvalue weighted by Gasteiger charge is 2.22. The molecule has 0 bridgehead atoms. The number of nitroso groups, excluding NO2 is 1. The molecule has 2 nitrogen and oxygen atoms in total. The van der Waals surface area contributed by atoms with Gasteiger partial charge in [-0.15, -0.1) is 0 Å². The zero-order valence-corrected chi connectivity index (χ0v) is 9.54. The molecule has 1 rings (SSSR count). The van der Waals surface area contributed by atoms with Crippen LogP contribution in [0.15, 0.2) is 5.18 Å². The van der Waals surface area contributed by atoms with Crippen molar-refractivity contribution in [2.24, 2.45) is 17.0 Å². The SMILES string of the molecule is CCCC(C)C1CCCC(N=O)CC1. The molecule has 1 fully saturated rings. The minimum atomic E-state index is 0.119. The summed E-state index contributed by atoms with van der Waals surface area (Å²) in [4.78, 5) is 10.5. The molecule has 0 aliphatic heterocycles. The van der Waals surface area contributed by atoms with Crippen molar-refractivity contribution >= 4 is 0 Å². The fourth-order valence-electron chi connectivity index (χ4n) is 2.68. The summed E-state index contributed by atoms with van der Waals surface area (Å²) in [6, 6.07) is 0.119. The number of hydrogen-bond acceptors (Lipinski definition) is 2. The van der Waals surface area contributed by atoms with Gasteiger partial charge in [0.25, 0.3) is 0 Å². The Morgan fingerprint density at radius 2 is 2.07 bits per heavy atom. The van der Waals surface area contributed by atoms with E-state index in [1.54, 1.807) is 0 Å². The Balaban J connectivity index is 2.36. The van der Waals surface area contributed by atoms with Crippen LogP contribution in [0.5, 0.6) is 0 Å². The quantitative estimate of drug-likeness (QED) is 0.492. The molecule has 1 aliphatic rings. The minimum absolute atomic E-state index is 0.119. The Morgan fingerprint density at radius 3 is 2.71 bits per heavy atom. The first-order valence-corrected chi connectivity index (χ1v) is 6.10. The predicted molar refractivity (Wildman–Crippen MR) is 60.2 cm³/mol. The van der Waals surface area contributed by atoms with Crippen molar-refractivity contribution in [3.63, 3.8) is 0 Å². The monoisotopic (exact) mass is 197 g/mol. The van der Waals surface area contributed by atoms with Gasteiger partial charge >= 0.3 is 0 Å². The van der Waals surface area contributed by atoms with Crippen LogP contribution in [0.4, 0.5) is 0 Å². The van der Waals surface area contributed by atoms with E-state index in [9.17, 15) is 4.91 Å². The summed E-state index contributed by atoms with van der Waals surface area (Å²) in [5.41, 5.74) is 0. The number of rotatable bonds is 4. The van der Waals surface area contributed by atoms with E-state index in [1.807, 2.05) is 0 Å². The second-order valence-corrected chi connectivity index (χ2v) is 4.79. The van der Waals surface area contributed by atoms with E-state index in [0.717, 1.165) is 24.7 Å². The van der Waals surface area contributed by atoms with E-state index in [1.165, 1.54) is 32.1 Å². The van der Waals surface area contributed by atoms with Crippen LogP contribution in [0, 0.1) is 16.7 Å². The van der Waals surface area contributed by atoms with Gasteiger partial charge < -0.3 is 0 Å². The molecular weight excluding hydrogens is 174 g/mol. The average molecular weight is 197 g/mol. The molecular formula is C12H23NO. The molecule has 3 unspecified atom stereocenters. The molecule has 14 heavy (non-hydrogen) atoms. The van der Waals surface area contributed by atoms with Crippen molar-refractivity contribution in [1.82, 2.24) is 0 Å². The lowest BCUT2D eigenvalue weighted by atomic mass is 9.85. The zero-order valence-electron chi connectivity index (χ0n) is 9.54. The maximum atomic E-state index is 10.5. The van der Waals surface area contributed by atoms with Crippen LogP contribution in [0.1, 0.15) is 58.8 Å². The van der Waals surface area contributed by atoms with Gasteiger partial charge in [0.05, 0.1) is 6.04 Å². The van der Waals surface area contributed by atoms with E-state index in [0.29, 0.717) is 0 Å². The van der Waals surface area contributed by atoms with E-state index in [4.69, 9.17) is 0 Å². The maximum absolute atomic E-state index is 10.5. The van der Waals surface area contributed by atoms with Crippen LogP contribution in [0.3, 0.4) is 0 Å². The van der Waals surface area contributed by atoms with Crippen molar-refractivity contribution in [3.8, 4) is 0 Å². The highest BCUT2D eigenvalue weighted by Crippen LogP contribution is 2.32. The molecule has 82 valence electrons. The molecule has 1 aliphatic carbocycles. The lowest BCUT2D eigenvalue weighted by molar-refractivity contribution is 0.300. The molecule has 0 amide bonds. The summed E-state index contributed by atoms with van der Waals surface area (Å²) < 4.78 is 0. The number of nitrogens with zero attached hydrogens (tertiary/aromatic N) is 1. The lowest BCUT2D eigenvalue weighted by Crippen LogP contribution is -2.11. The topological polar surface area (TPSA) is 29.4 Å². The van der Waals surface area contributed by atoms with Gasteiger partial charge in [-0.2, -0.15) is 4.91 Å². The molecule has 0 aromatic rings. The predicted octanol–water partition coefficient (Wildman–Crippen LogP) is 4.14. The molecule has 0 spiro atoms. The van der Waals surface area contributed by atoms with Crippen molar-refractivity contribution in [2.75, 3.05) is 0 Å². The number of hydrogen-bond donors (Lipinski definition) is 0. The molecule has 0 aromatic heterocycles. The highest BCUT2D eigenvalue weighted by molar-refractivity contribution is 4.76. The maximum Gasteiger partial charge on any atom is 0.0919 e. The molecule has 0 saturated heterocycles. The van der Waals surface area contributed by atoms with Gasteiger partial charge in [0, 0.05) is 0 Å². The van der Waals surface area contributed by atoms with Gasteiger partial charge in [-0.3, -0.25) is 0 Å². The first-order valence-electron chi connectivity index (χ1n) is 6.10. The minimum Gasteiger partial charge on any atom is -0.151 e. The Kier molecular flexibility index (Phi) is 5.13. The first-order chi connectivity index (χ1) is 6.77. The van der Waals surface area contributed by atoms with E-state index >= 15 is 0 Å². The normalized spacial score (nSPS) is 30.7. The van der Waals surface area contributed by atoms with Crippen LogP contribution in [0.2, 0.25) is 0 Å². The fourth-order valence-corrected chi connectivity index (χ4v) is 2.68. The van der Waals surface area contributed by atoms with Crippen LogP contribution in [0.25, 0.3) is 0 Å². The second kappa shape index (κ2) is 6.15. The zero-order chi connectivity index (χ0) is 10.4. The largest absolute Gasteiger partial charge is 0.151 e. The average Bonchev–Trinajstić information content (AvgIpc) is 2.42. The molecule has 0 heterocycles. The van der Waals surface area contributed by atoms with E-state index in [2.05, 4.69) is 19.0 Å². The van der Waals surface area contributed by atoms with Gasteiger partial charge in [-0.05, 0) is 31.1 Å². The summed E-state index contributed by atoms with van der Waals surface area (Å²) >= 11 is 0. The second-order valence-electron chi connectivity index (χ2n) is 4.79. The highest BCUT2D eigenvalue weighted by atomic mass is 16.3. The van der Waals surface area contributed by atoms with Crippen molar-refractivity contribution in [1.29, 1.82) is 0 Å². The van der Waals surface area contributed by atoms with Crippen molar-refractivity contribution < 1.29 is 0 Å². The van der Waals surface area contributed by atoms with Gasteiger partial charge in [0.2, 0.25) is 0 Å². The Morgan fingerprint density at radius 1 is 1.29 bits per heavy atom. The molecule has 0 aromatic carbocycles. The van der Waals surface area contributed by atoms with E-state index in [-0.39, 0.29) is 6.04 Å². The summed E-state index contributed by atoms with van der Waals surface area (Å²) in [6.07, 6.45) is 8.41. The summed E-state index contributed by atoms with van der Waals surface area (Å²) in [7, 11) is 0. The van der Waals surface area contributed by atoms with Crippen LogP contribution < -0.4 is 0 Å². The molecule has 3 atom stereocenters. The van der Waals surface area contributed by atoms with Gasteiger partial charge in [0.1, 0.15) is 0 Å².